The van der Waals surface area contributed by atoms with Crippen molar-refractivity contribution in [2.24, 2.45) is 0 Å². The normalized spacial score (nSPS) is 13.2. The van der Waals surface area contributed by atoms with Crippen LogP contribution in [0.2, 0.25) is 0 Å². The summed E-state index contributed by atoms with van der Waals surface area (Å²) < 4.78 is 10.4. The monoisotopic (exact) mass is 448 g/mol. The Morgan fingerprint density at radius 1 is 1.03 bits per heavy atom. The fourth-order valence-corrected chi connectivity index (χ4v) is 4.10. The Morgan fingerprint density at radius 2 is 1.73 bits per heavy atom. The minimum absolute atomic E-state index is 0.0456. The second-order valence-electron chi connectivity index (χ2n) is 8.20. The molecule has 0 aliphatic heterocycles. The summed E-state index contributed by atoms with van der Waals surface area (Å²) in [6.07, 6.45) is 2.52. The molecule has 1 fully saturated rings. The van der Waals surface area contributed by atoms with Gasteiger partial charge in [0.05, 0.1) is 25.5 Å². The smallest absolute Gasteiger partial charge is 0.337 e. The Kier molecular flexibility index (Phi) is 6.79. The van der Waals surface area contributed by atoms with Crippen molar-refractivity contribution in [1.29, 1.82) is 0 Å². The molecule has 1 aliphatic carbocycles. The first kappa shape index (κ1) is 22.6. The summed E-state index contributed by atoms with van der Waals surface area (Å²) in [4.78, 5) is 26.8. The van der Waals surface area contributed by atoms with Crippen molar-refractivity contribution in [1.82, 2.24) is 4.90 Å². The van der Waals surface area contributed by atoms with Crippen LogP contribution in [0.25, 0.3) is 10.8 Å². The van der Waals surface area contributed by atoms with E-state index in [2.05, 4.69) is 40.5 Å². The molecule has 0 heterocycles. The second-order valence-corrected chi connectivity index (χ2v) is 8.20. The third-order valence-corrected chi connectivity index (χ3v) is 5.97. The lowest BCUT2D eigenvalue weighted by Gasteiger charge is -2.23. The molecule has 7 nitrogen and oxygen atoms in total. The molecule has 1 aliphatic rings. The molecule has 0 atom stereocenters. The van der Waals surface area contributed by atoms with E-state index in [4.69, 9.17) is 9.47 Å². The van der Waals surface area contributed by atoms with E-state index in [9.17, 15) is 14.7 Å². The summed E-state index contributed by atoms with van der Waals surface area (Å²) in [7, 11) is 2.90. The average molecular weight is 449 g/mol. The Hall–Kier alpha value is -3.58. The van der Waals surface area contributed by atoms with Crippen molar-refractivity contribution in [2.45, 2.75) is 31.8 Å². The highest BCUT2D eigenvalue weighted by Crippen LogP contribution is 2.34. The predicted molar refractivity (Wildman–Crippen MR) is 127 cm³/mol. The number of amides is 1. The fraction of sp³-hybridized carbons (Fsp3) is 0.308. The number of carboxylic acid groups (broad SMARTS) is 1. The summed E-state index contributed by atoms with van der Waals surface area (Å²) in [6.45, 7) is 1.37. The number of benzene rings is 3. The lowest BCUT2D eigenvalue weighted by molar-refractivity contribution is -0.116. The summed E-state index contributed by atoms with van der Waals surface area (Å²) in [5.74, 6) is -0.744. The largest absolute Gasteiger partial charge is 0.493 e. The quantitative estimate of drug-likeness (QED) is 0.473. The molecule has 2 N–H and O–H groups in total. The summed E-state index contributed by atoms with van der Waals surface area (Å²) in [6, 6.07) is 18.0. The number of nitrogens with one attached hydrogen (secondary N) is 1. The Balaban J connectivity index is 1.46. The van der Waals surface area contributed by atoms with Gasteiger partial charge in [-0.1, -0.05) is 42.5 Å². The van der Waals surface area contributed by atoms with Gasteiger partial charge in [0.25, 0.3) is 0 Å². The van der Waals surface area contributed by atoms with Gasteiger partial charge in [-0.2, -0.15) is 0 Å². The molecule has 3 aromatic rings. The number of ether oxygens (including phenoxy) is 2. The first-order valence-electron chi connectivity index (χ1n) is 11.0. The number of carbonyl (C=O) groups excluding carboxylic acids is 1. The zero-order valence-corrected chi connectivity index (χ0v) is 18.8. The standard InChI is InChI=1S/C26H28N2O5/c1-32-23-14-21(26(30)31)22(15-24(23)33-2)27-25(29)12-13-28(19-10-11-19)16-18-8-5-7-17-6-3-4-9-20(17)18/h3-9,14-15,19H,10-13,16H2,1-2H3,(H,27,29)(H,30,31). The fourth-order valence-electron chi connectivity index (χ4n) is 4.10. The van der Waals surface area contributed by atoms with Crippen LogP contribution in [0.1, 0.15) is 35.2 Å². The van der Waals surface area contributed by atoms with Crippen LogP contribution in [0.4, 0.5) is 5.69 Å². The van der Waals surface area contributed by atoms with Gasteiger partial charge in [0.15, 0.2) is 11.5 Å². The van der Waals surface area contributed by atoms with Gasteiger partial charge >= 0.3 is 5.97 Å². The number of anilines is 1. The molecule has 0 spiro atoms. The number of rotatable bonds is 10. The maximum atomic E-state index is 12.8. The molecular weight excluding hydrogens is 420 g/mol. The van der Waals surface area contributed by atoms with Crippen molar-refractivity contribution < 1.29 is 24.2 Å². The summed E-state index contributed by atoms with van der Waals surface area (Å²) >= 11 is 0. The number of hydrogen-bond acceptors (Lipinski definition) is 5. The van der Waals surface area contributed by atoms with E-state index < -0.39 is 5.97 Å². The van der Waals surface area contributed by atoms with Crippen molar-refractivity contribution in [2.75, 3.05) is 26.1 Å². The van der Waals surface area contributed by atoms with Gasteiger partial charge < -0.3 is 19.9 Å². The minimum Gasteiger partial charge on any atom is -0.493 e. The van der Waals surface area contributed by atoms with E-state index >= 15 is 0 Å². The molecule has 3 aromatic carbocycles. The van der Waals surface area contributed by atoms with Crippen LogP contribution in [-0.2, 0) is 11.3 Å². The van der Waals surface area contributed by atoms with Crippen LogP contribution in [0.5, 0.6) is 11.5 Å². The van der Waals surface area contributed by atoms with Crippen LogP contribution in [0.3, 0.4) is 0 Å². The third kappa shape index (κ3) is 5.26. The van der Waals surface area contributed by atoms with Gasteiger partial charge in [-0.25, -0.2) is 4.79 Å². The van der Waals surface area contributed by atoms with Crippen LogP contribution in [-0.4, -0.2) is 48.7 Å². The van der Waals surface area contributed by atoms with E-state index in [0.717, 1.165) is 19.4 Å². The molecule has 172 valence electrons. The van der Waals surface area contributed by atoms with Gasteiger partial charge in [0.2, 0.25) is 5.91 Å². The SMILES string of the molecule is COc1cc(NC(=O)CCN(Cc2cccc3ccccc23)C2CC2)c(C(=O)O)cc1OC. The van der Waals surface area contributed by atoms with E-state index in [0.29, 0.717) is 24.1 Å². The predicted octanol–water partition coefficient (Wildman–Crippen LogP) is 4.55. The maximum absolute atomic E-state index is 12.8. The highest BCUT2D eigenvalue weighted by molar-refractivity contribution is 6.01. The first-order valence-corrected chi connectivity index (χ1v) is 11.0. The number of carbonyl (C=O) groups is 2. The highest BCUT2D eigenvalue weighted by Gasteiger charge is 2.29. The lowest BCUT2D eigenvalue weighted by atomic mass is 10.0. The summed E-state index contributed by atoms with van der Waals surface area (Å²) in [5, 5.41) is 14.7. The zero-order chi connectivity index (χ0) is 23.4. The number of carboxylic acids is 1. The molecular formula is C26H28N2O5. The molecule has 0 aromatic heterocycles. The van der Waals surface area contributed by atoms with Crippen LogP contribution < -0.4 is 14.8 Å². The first-order chi connectivity index (χ1) is 16.0. The minimum atomic E-state index is -1.15. The maximum Gasteiger partial charge on any atom is 0.337 e. The molecule has 33 heavy (non-hydrogen) atoms. The van der Waals surface area contributed by atoms with Gasteiger partial charge in [0, 0.05) is 37.7 Å². The molecule has 0 radical (unpaired) electrons. The van der Waals surface area contributed by atoms with Crippen LogP contribution in [0, 0.1) is 0 Å². The second kappa shape index (κ2) is 9.92. The average Bonchev–Trinajstić information content (AvgIpc) is 3.66. The lowest BCUT2D eigenvalue weighted by Crippen LogP contribution is -2.29. The van der Waals surface area contributed by atoms with Crippen LogP contribution in [0.15, 0.2) is 54.6 Å². The molecule has 1 amide bonds. The van der Waals surface area contributed by atoms with Crippen molar-refractivity contribution >= 4 is 28.3 Å². The molecule has 0 unspecified atom stereocenters. The molecule has 0 bridgehead atoms. The Labute approximate surface area is 192 Å². The Morgan fingerprint density at radius 3 is 2.42 bits per heavy atom. The van der Waals surface area contributed by atoms with Gasteiger partial charge in [0.1, 0.15) is 0 Å². The van der Waals surface area contributed by atoms with E-state index in [1.165, 1.54) is 42.7 Å². The van der Waals surface area contributed by atoms with Gasteiger partial charge in [-0.3, -0.25) is 9.69 Å². The molecule has 7 heteroatoms. The van der Waals surface area contributed by atoms with Crippen molar-refractivity contribution in [3.05, 3.63) is 65.7 Å². The van der Waals surface area contributed by atoms with Crippen LogP contribution >= 0.6 is 0 Å². The number of aromatic carboxylic acids is 1. The third-order valence-electron chi connectivity index (χ3n) is 5.97. The van der Waals surface area contributed by atoms with E-state index in [-0.39, 0.29) is 23.6 Å². The topological polar surface area (TPSA) is 88.1 Å². The van der Waals surface area contributed by atoms with Crippen molar-refractivity contribution in [3.8, 4) is 11.5 Å². The number of methoxy groups -OCH3 is 2. The van der Waals surface area contributed by atoms with E-state index in [1.54, 1.807) is 0 Å². The molecule has 0 saturated heterocycles. The number of hydrogen-bond donors (Lipinski definition) is 2. The Bertz CT molecular complexity index is 1170. The molecule has 4 rings (SSSR count). The summed E-state index contributed by atoms with van der Waals surface area (Å²) in [5.41, 5.74) is 1.39. The zero-order valence-electron chi connectivity index (χ0n) is 18.8. The molecule has 1 saturated carbocycles. The number of fused-ring (bicyclic) bond motifs is 1. The van der Waals surface area contributed by atoms with Gasteiger partial charge in [-0.05, 0) is 29.2 Å². The van der Waals surface area contributed by atoms with E-state index in [1.807, 2.05) is 12.1 Å². The van der Waals surface area contributed by atoms with Gasteiger partial charge in [-0.15, -0.1) is 0 Å². The number of nitrogens with zero attached hydrogens (tertiary/aromatic N) is 1. The van der Waals surface area contributed by atoms with Crippen molar-refractivity contribution in [3.63, 3.8) is 0 Å². The highest BCUT2D eigenvalue weighted by atomic mass is 16.5.